The van der Waals surface area contributed by atoms with E-state index in [0.717, 1.165) is 54.3 Å². The second kappa shape index (κ2) is 10.4. The number of hydrogen-bond donors (Lipinski definition) is 2. The number of carbonyl (C=O) groups is 1. The van der Waals surface area contributed by atoms with Crippen LogP contribution in [0.4, 0.5) is 11.4 Å². The molecule has 1 aliphatic rings. The molecule has 2 aromatic carbocycles. The quantitative estimate of drug-likeness (QED) is 0.447. The molecular formula is C28H28N6O. The summed E-state index contributed by atoms with van der Waals surface area (Å²) in [4.78, 5) is 28.7. The molecule has 2 N–H and O–H groups in total. The zero-order valence-corrected chi connectivity index (χ0v) is 19.7. The van der Waals surface area contributed by atoms with E-state index in [9.17, 15) is 4.79 Å². The molecule has 1 fully saturated rings. The van der Waals surface area contributed by atoms with Gasteiger partial charge in [-0.3, -0.25) is 9.78 Å². The summed E-state index contributed by atoms with van der Waals surface area (Å²) in [6, 6.07) is 19.6. The Hall–Kier alpha value is -4.10. The zero-order chi connectivity index (χ0) is 24.0. The van der Waals surface area contributed by atoms with Crippen molar-refractivity contribution < 1.29 is 4.79 Å². The van der Waals surface area contributed by atoms with Gasteiger partial charge in [0.1, 0.15) is 5.82 Å². The minimum atomic E-state index is -0.133. The Kier molecular flexibility index (Phi) is 6.77. The average molecular weight is 465 g/mol. The Morgan fingerprint density at radius 2 is 1.86 bits per heavy atom. The first-order valence-corrected chi connectivity index (χ1v) is 11.8. The maximum atomic E-state index is 13.0. The van der Waals surface area contributed by atoms with Crippen LogP contribution in [0.2, 0.25) is 0 Å². The van der Waals surface area contributed by atoms with Crippen molar-refractivity contribution in [1.29, 1.82) is 0 Å². The molecule has 0 bridgehead atoms. The van der Waals surface area contributed by atoms with Gasteiger partial charge in [0.2, 0.25) is 0 Å². The summed E-state index contributed by atoms with van der Waals surface area (Å²) in [5.41, 5.74) is 6.47. The van der Waals surface area contributed by atoms with Gasteiger partial charge in [-0.15, -0.1) is 0 Å². The van der Waals surface area contributed by atoms with E-state index in [-0.39, 0.29) is 5.91 Å². The molecule has 176 valence electrons. The number of aryl methyl sites for hydroxylation is 1. The molecule has 4 aromatic rings. The fourth-order valence-corrected chi connectivity index (χ4v) is 4.21. The lowest BCUT2D eigenvalue weighted by Crippen LogP contribution is -2.43. The second-order valence-electron chi connectivity index (χ2n) is 8.66. The summed E-state index contributed by atoms with van der Waals surface area (Å²) in [7, 11) is 0. The van der Waals surface area contributed by atoms with Gasteiger partial charge in [-0.05, 0) is 72.6 Å². The molecule has 1 saturated heterocycles. The van der Waals surface area contributed by atoms with Crippen molar-refractivity contribution in [3.63, 3.8) is 0 Å². The van der Waals surface area contributed by atoms with Gasteiger partial charge >= 0.3 is 0 Å². The molecule has 0 aliphatic carbocycles. The van der Waals surface area contributed by atoms with Gasteiger partial charge in [0.25, 0.3) is 5.91 Å². The fourth-order valence-electron chi connectivity index (χ4n) is 4.21. The van der Waals surface area contributed by atoms with Crippen LogP contribution < -0.4 is 15.5 Å². The summed E-state index contributed by atoms with van der Waals surface area (Å²) in [5, 5.41) is 6.39. The summed E-state index contributed by atoms with van der Waals surface area (Å²) in [6.07, 6.45) is 5.84. The van der Waals surface area contributed by atoms with Gasteiger partial charge in [-0.2, -0.15) is 0 Å². The lowest BCUT2D eigenvalue weighted by atomic mass is 10.0. The number of rotatable bonds is 6. The monoisotopic (exact) mass is 464 g/mol. The van der Waals surface area contributed by atoms with E-state index in [1.807, 2.05) is 55.5 Å². The van der Waals surface area contributed by atoms with E-state index in [1.165, 1.54) is 5.69 Å². The molecule has 7 nitrogen and oxygen atoms in total. The van der Waals surface area contributed by atoms with Crippen molar-refractivity contribution in [3.05, 3.63) is 102 Å². The van der Waals surface area contributed by atoms with Gasteiger partial charge < -0.3 is 15.5 Å². The number of aromatic nitrogens is 3. The maximum absolute atomic E-state index is 13.0. The molecule has 1 aliphatic heterocycles. The molecular weight excluding hydrogens is 436 g/mol. The van der Waals surface area contributed by atoms with Crippen LogP contribution in [0, 0.1) is 6.92 Å². The highest BCUT2D eigenvalue weighted by Crippen LogP contribution is 2.21. The van der Waals surface area contributed by atoms with E-state index in [4.69, 9.17) is 4.98 Å². The Morgan fingerprint density at radius 1 is 1.03 bits per heavy atom. The van der Waals surface area contributed by atoms with Crippen molar-refractivity contribution in [2.45, 2.75) is 13.3 Å². The number of amides is 1. The molecule has 3 heterocycles. The Labute approximate surface area is 205 Å². The topological polar surface area (TPSA) is 83.0 Å². The highest BCUT2D eigenvalue weighted by Gasteiger charge is 2.13. The number of benzene rings is 2. The van der Waals surface area contributed by atoms with E-state index in [0.29, 0.717) is 17.8 Å². The molecule has 0 saturated carbocycles. The smallest absolute Gasteiger partial charge is 0.255 e. The number of hydrogen-bond acceptors (Lipinski definition) is 6. The van der Waals surface area contributed by atoms with Gasteiger partial charge in [0.15, 0.2) is 0 Å². The van der Waals surface area contributed by atoms with Crippen LogP contribution in [0.15, 0.2) is 79.3 Å². The normalized spacial score (nSPS) is 13.5. The van der Waals surface area contributed by atoms with Crippen LogP contribution in [-0.4, -0.2) is 47.0 Å². The van der Waals surface area contributed by atoms with Crippen molar-refractivity contribution in [2.24, 2.45) is 0 Å². The number of carbonyl (C=O) groups excluding carboxylic acids is 1. The zero-order valence-electron chi connectivity index (χ0n) is 19.7. The molecule has 1 amide bonds. The van der Waals surface area contributed by atoms with Gasteiger partial charge in [-0.1, -0.05) is 6.07 Å². The Balaban J connectivity index is 1.29. The standard InChI is InChI=1S/C28H28N6O/c1-20-4-5-21(28(35)32-24-6-8-25(9-7-24)34-15-13-29-14-16-34)17-23(20)18-27-31-12-10-26(33-27)22-3-2-11-30-19-22/h2-12,17,19,29H,13-16,18H2,1H3,(H,32,35). The van der Waals surface area contributed by atoms with E-state index < -0.39 is 0 Å². The highest BCUT2D eigenvalue weighted by atomic mass is 16.1. The van der Waals surface area contributed by atoms with Crippen molar-refractivity contribution in [3.8, 4) is 11.3 Å². The van der Waals surface area contributed by atoms with E-state index in [2.05, 4.69) is 37.6 Å². The van der Waals surface area contributed by atoms with Crippen LogP contribution in [0.3, 0.4) is 0 Å². The van der Waals surface area contributed by atoms with Gasteiger partial charge in [-0.25, -0.2) is 9.97 Å². The molecule has 0 radical (unpaired) electrons. The Bertz CT molecular complexity index is 1300. The lowest BCUT2D eigenvalue weighted by molar-refractivity contribution is 0.102. The van der Waals surface area contributed by atoms with Crippen molar-refractivity contribution in [1.82, 2.24) is 20.3 Å². The van der Waals surface area contributed by atoms with Gasteiger partial charge in [0.05, 0.1) is 5.69 Å². The third kappa shape index (κ3) is 5.53. The Morgan fingerprint density at radius 3 is 2.63 bits per heavy atom. The number of piperazine rings is 1. The largest absolute Gasteiger partial charge is 0.369 e. The summed E-state index contributed by atoms with van der Waals surface area (Å²) in [6.45, 7) is 6.01. The first-order valence-electron chi connectivity index (χ1n) is 11.8. The molecule has 35 heavy (non-hydrogen) atoms. The molecule has 7 heteroatoms. The maximum Gasteiger partial charge on any atom is 0.255 e. The first kappa shape index (κ1) is 22.7. The van der Waals surface area contributed by atoms with Crippen molar-refractivity contribution in [2.75, 3.05) is 36.4 Å². The fraction of sp³-hybridized carbons (Fsp3) is 0.214. The number of nitrogens with one attached hydrogen (secondary N) is 2. The van der Waals surface area contributed by atoms with Crippen LogP contribution in [0.25, 0.3) is 11.3 Å². The molecule has 0 atom stereocenters. The minimum absolute atomic E-state index is 0.133. The first-order chi connectivity index (χ1) is 17.2. The lowest BCUT2D eigenvalue weighted by Gasteiger charge is -2.29. The van der Waals surface area contributed by atoms with Crippen LogP contribution in [0.1, 0.15) is 27.3 Å². The SMILES string of the molecule is Cc1ccc(C(=O)Nc2ccc(N3CCNCC3)cc2)cc1Cc1nccc(-c2cccnc2)n1. The van der Waals surface area contributed by atoms with Gasteiger partial charge in [0, 0.05) is 73.7 Å². The predicted octanol–water partition coefficient (Wildman–Crippen LogP) is 4.10. The summed E-state index contributed by atoms with van der Waals surface area (Å²) >= 11 is 0. The average Bonchev–Trinajstić information content (AvgIpc) is 2.91. The molecule has 2 aromatic heterocycles. The third-order valence-corrected chi connectivity index (χ3v) is 6.23. The van der Waals surface area contributed by atoms with Crippen LogP contribution in [0.5, 0.6) is 0 Å². The van der Waals surface area contributed by atoms with E-state index >= 15 is 0 Å². The molecule has 5 rings (SSSR count). The van der Waals surface area contributed by atoms with Crippen LogP contribution >= 0.6 is 0 Å². The van der Waals surface area contributed by atoms with E-state index in [1.54, 1.807) is 18.6 Å². The van der Waals surface area contributed by atoms with Crippen molar-refractivity contribution >= 4 is 17.3 Å². The number of nitrogens with zero attached hydrogens (tertiary/aromatic N) is 4. The molecule has 0 spiro atoms. The number of pyridine rings is 1. The summed E-state index contributed by atoms with van der Waals surface area (Å²) in [5.74, 6) is 0.571. The second-order valence-corrected chi connectivity index (χ2v) is 8.66. The number of anilines is 2. The predicted molar refractivity (Wildman–Crippen MR) is 139 cm³/mol. The molecule has 0 unspecified atom stereocenters. The third-order valence-electron chi connectivity index (χ3n) is 6.23. The van der Waals surface area contributed by atoms with Crippen LogP contribution in [-0.2, 0) is 6.42 Å². The minimum Gasteiger partial charge on any atom is -0.369 e. The highest BCUT2D eigenvalue weighted by molar-refractivity contribution is 6.04. The summed E-state index contributed by atoms with van der Waals surface area (Å²) < 4.78 is 0.